The first-order valence-corrected chi connectivity index (χ1v) is 4.70. The molecule has 16 heavy (non-hydrogen) atoms. The van der Waals surface area contributed by atoms with Crippen LogP contribution in [0.2, 0.25) is 5.02 Å². The molecule has 0 bridgehead atoms. The SMILES string of the molecule is O=C(O)c1cccc(F)c1-n1cc(Cl)cn1. The van der Waals surface area contributed by atoms with Crippen molar-refractivity contribution in [1.29, 1.82) is 0 Å². The topological polar surface area (TPSA) is 55.1 Å². The van der Waals surface area contributed by atoms with E-state index in [1.54, 1.807) is 0 Å². The largest absolute Gasteiger partial charge is 0.478 e. The first-order valence-electron chi connectivity index (χ1n) is 4.32. The summed E-state index contributed by atoms with van der Waals surface area (Å²) < 4.78 is 14.6. The number of para-hydroxylation sites is 1. The summed E-state index contributed by atoms with van der Waals surface area (Å²) in [5, 5.41) is 13.0. The molecule has 0 aliphatic carbocycles. The lowest BCUT2D eigenvalue weighted by Gasteiger charge is -2.06. The monoisotopic (exact) mass is 240 g/mol. The highest BCUT2D eigenvalue weighted by molar-refractivity contribution is 6.30. The van der Waals surface area contributed by atoms with E-state index in [-0.39, 0.29) is 11.3 Å². The van der Waals surface area contributed by atoms with Crippen molar-refractivity contribution in [2.75, 3.05) is 0 Å². The van der Waals surface area contributed by atoms with Gasteiger partial charge in [0.15, 0.2) is 0 Å². The van der Waals surface area contributed by atoms with Gasteiger partial charge in [0, 0.05) is 6.20 Å². The van der Waals surface area contributed by atoms with E-state index in [9.17, 15) is 9.18 Å². The predicted molar refractivity (Wildman–Crippen MR) is 55.5 cm³/mol. The Morgan fingerprint density at radius 2 is 2.25 bits per heavy atom. The average molecular weight is 241 g/mol. The minimum Gasteiger partial charge on any atom is -0.478 e. The summed E-state index contributed by atoms with van der Waals surface area (Å²) in [4.78, 5) is 10.9. The highest BCUT2D eigenvalue weighted by Gasteiger charge is 2.16. The second kappa shape index (κ2) is 3.94. The lowest BCUT2D eigenvalue weighted by Crippen LogP contribution is -2.08. The summed E-state index contributed by atoms with van der Waals surface area (Å²) in [5.74, 6) is -1.89. The van der Waals surface area contributed by atoms with E-state index in [4.69, 9.17) is 16.7 Å². The van der Waals surface area contributed by atoms with Gasteiger partial charge in [0.1, 0.15) is 11.5 Å². The third-order valence-corrected chi connectivity index (χ3v) is 2.19. The number of carboxylic acids is 1. The quantitative estimate of drug-likeness (QED) is 0.877. The molecule has 0 fully saturated rings. The van der Waals surface area contributed by atoms with Gasteiger partial charge in [-0.3, -0.25) is 0 Å². The summed E-state index contributed by atoms with van der Waals surface area (Å²) >= 11 is 5.64. The van der Waals surface area contributed by atoms with Gasteiger partial charge in [-0.05, 0) is 12.1 Å². The van der Waals surface area contributed by atoms with Crippen molar-refractivity contribution in [2.24, 2.45) is 0 Å². The van der Waals surface area contributed by atoms with Gasteiger partial charge >= 0.3 is 5.97 Å². The van der Waals surface area contributed by atoms with Gasteiger partial charge < -0.3 is 5.11 Å². The van der Waals surface area contributed by atoms with E-state index in [0.29, 0.717) is 5.02 Å². The fraction of sp³-hybridized carbons (Fsp3) is 0. The third kappa shape index (κ3) is 1.77. The van der Waals surface area contributed by atoms with Crippen molar-refractivity contribution in [1.82, 2.24) is 9.78 Å². The highest BCUT2D eigenvalue weighted by Crippen LogP contribution is 2.19. The number of rotatable bonds is 2. The number of carboxylic acid groups (broad SMARTS) is 1. The normalized spacial score (nSPS) is 10.4. The Hall–Kier alpha value is -1.88. The fourth-order valence-electron chi connectivity index (χ4n) is 1.34. The van der Waals surface area contributed by atoms with Crippen LogP contribution in [0.15, 0.2) is 30.6 Å². The van der Waals surface area contributed by atoms with Crippen molar-refractivity contribution >= 4 is 17.6 Å². The Morgan fingerprint density at radius 3 is 2.81 bits per heavy atom. The fourth-order valence-corrected chi connectivity index (χ4v) is 1.48. The van der Waals surface area contributed by atoms with Crippen molar-refractivity contribution in [3.8, 4) is 5.69 Å². The zero-order valence-electron chi connectivity index (χ0n) is 7.89. The number of hydrogen-bond donors (Lipinski definition) is 1. The number of hydrogen-bond acceptors (Lipinski definition) is 2. The first-order chi connectivity index (χ1) is 7.59. The second-order valence-corrected chi connectivity index (χ2v) is 3.48. The Kier molecular flexibility index (Phi) is 2.62. The average Bonchev–Trinajstić information content (AvgIpc) is 2.64. The van der Waals surface area contributed by atoms with E-state index in [2.05, 4.69) is 5.10 Å². The molecule has 2 aromatic rings. The van der Waals surface area contributed by atoms with Crippen molar-refractivity contribution < 1.29 is 14.3 Å². The van der Waals surface area contributed by atoms with Crippen LogP contribution >= 0.6 is 11.6 Å². The smallest absolute Gasteiger partial charge is 0.338 e. The molecule has 0 saturated heterocycles. The number of halogens is 2. The summed E-state index contributed by atoms with van der Waals surface area (Å²) in [6, 6.07) is 3.79. The van der Waals surface area contributed by atoms with E-state index in [1.165, 1.54) is 24.5 Å². The number of aromatic nitrogens is 2. The number of carbonyl (C=O) groups is 1. The van der Waals surface area contributed by atoms with Gasteiger partial charge in [0.25, 0.3) is 0 Å². The molecule has 0 radical (unpaired) electrons. The summed E-state index contributed by atoms with van der Waals surface area (Å²) in [6.07, 6.45) is 2.64. The standard InChI is InChI=1S/C10H6ClFN2O2/c11-6-4-13-14(5-6)9-7(10(15)16)2-1-3-8(9)12/h1-5H,(H,15,16). The maximum Gasteiger partial charge on any atom is 0.338 e. The van der Waals surface area contributed by atoms with Crippen LogP contribution in [0.5, 0.6) is 0 Å². The molecule has 82 valence electrons. The van der Waals surface area contributed by atoms with Crippen LogP contribution < -0.4 is 0 Å². The van der Waals surface area contributed by atoms with Crippen LogP contribution in [-0.4, -0.2) is 20.9 Å². The van der Waals surface area contributed by atoms with E-state index >= 15 is 0 Å². The van der Waals surface area contributed by atoms with E-state index < -0.39 is 11.8 Å². The van der Waals surface area contributed by atoms with Crippen molar-refractivity contribution in [3.63, 3.8) is 0 Å². The molecule has 1 aromatic heterocycles. The molecular weight excluding hydrogens is 235 g/mol. The molecule has 0 atom stereocenters. The molecule has 4 nitrogen and oxygen atoms in total. The maximum atomic E-state index is 13.5. The molecule has 1 N–H and O–H groups in total. The van der Waals surface area contributed by atoms with Crippen LogP contribution in [0.4, 0.5) is 4.39 Å². The van der Waals surface area contributed by atoms with Crippen LogP contribution in [0.3, 0.4) is 0 Å². The predicted octanol–water partition coefficient (Wildman–Crippen LogP) is 2.36. The second-order valence-electron chi connectivity index (χ2n) is 3.04. The minimum atomic E-state index is -1.22. The molecule has 2 rings (SSSR count). The van der Waals surface area contributed by atoms with Gasteiger partial charge in [-0.1, -0.05) is 17.7 Å². The zero-order valence-corrected chi connectivity index (χ0v) is 8.65. The summed E-state index contributed by atoms with van der Waals surface area (Å²) in [7, 11) is 0. The summed E-state index contributed by atoms with van der Waals surface area (Å²) in [5.41, 5.74) is -0.290. The molecule has 0 aliphatic rings. The van der Waals surface area contributed by atoms with Crippen LogP contribution in [0.25, 0.3) is 5.69 Å². The van der Waals surface area contributed by atoms with E-state index in [0.717, 1.165) is 10.7 Å². The molecule has 0 spiro atoms. The Morgan fingerprint density at radius 1 is 1.50 bits per heavy atom. The molecular formula is C10H6ClFN2O2. The van der Waals surface area contributed by atoms with Crippen molar-refractivity contribution in [3.05, 3.63) is 47.0 Å². The Balaban J connectivity index is 2.67. The molecule has 6 heteroatoms. The highest BCUT2D eigenvalue weighted by atomic mass is 35.5. The van der Waals surface area contributed by atoms with Crippen LogP contribution in [0, 0.1) is 5.82 Å². The van der Waals surface area contributed by atoms with Gasteiger partial charge in [0.05, 0.1) is 16.8 Å². The molecule has 0 unspecified atom stereocenters. The van der Waals surface area contributed by atoms with Crippen LogP contribution in [0.1, 0.15) is 10.4 Å². The maximum absolute atomic E-state index is 13.5. The lowest BCUT2D eigenvalue weighted by molar-refractivity contribution is 0.0696. The zero-order chi connectivity index (χ0) is 11.7. The summed E-state index contributed by atoms with van der Waals surface area (Å²) in [6.45, 7) is 0. The Labute approximate surface area is 94.9 Å². The van der Waals surface area contributed by atoms with Crippen LogP contribution in [-0.2, 0) is 0 Å². The minimum absolute atomic E-state index is 0.123. The Bertz CT molecular complexity index is 554. The first kappa shape index (κ1) is 10.6. The number of aromatic carboxylic acids is 1. The molecule has 0 amide bonds. The number of benzene rings is 1. The van der Waals surface area contributed by atoms with E-state index in [1.807, 2.05) is 0 Å². The van der Waals surface area contributed by atoms with Gasteiger partial charge in [-0.2, -0.15) is 5.10 Å². The van der Waals surface area contributed by atoms with Crippen molar-refractivity contribution in [2.45, 2.75) is 0 Å². The molecule has 0 aliphatic heterocycles. The van der Waals surface area contributed by atoms with Gasteiger partial charge in [-0.15, -0.1) is 0 Å². The van der Waals surface area contributed by atoms with Gasteiger partial charge in [0.2, 0.25) is 0 Å². The van der Waals surface area contributed by atoms with Gasteiger partial charge in [-0.25, -0.2) is 13.9 Å². The third-order valence-electron chi connectivity index (χ3n) is 2.00. The number of nitrogens with zero attached hydrogens (tertiary/aromatic N) is 2. The molecule has 1 heterocycles. The molecule has 1 aromatic carbocycles. The lowest BCUT2D eigenvalue weighted by atomic mass is 10.1. The molecule has 0 saturated carbocycles.